The lowest BCUT2D eigenvalue weighted by molar-refractivity contribution is 0.149. The second kappa shape index (κ2) is 2.89. The molecule has 10 heavy (non-hydrogen) atoms. The minimum Gasteiger partial charge on any atom is -0.393 e. The van der Waals surface area contributed by atoms with Crippen LogP contribution in [0.25, 0.3) is 0 Å². The summed E-state index contributed by atoms with van der Waals surface area (Å²) in [6.07, 6.45) is 5.21. The predicted octanol–water partition coefficient (Wildman–Crippen LogP) is 1.03. The van der Waals surface area contributed by atoms with Gasteiger partial charge >= 0.3 is 0 Å². The van der Waals surface area contributed by atoms with Crippen molar-refractivity contribution in [2.24, 2.45) is 5.73 Å². The molecule has 1 saturated carbocycles. The molecule has 0 aromatic rings. The Bertz CT molecular complexity index is 106. The molecule has 1 unspecified atom stereocenters. The van der Waals surface area contributed by atoms with Crippen molar-refractivity contribution in [3.05, 3.63) is 0 Å². The van der Waals surface area contributed by atoms with Gasteiger partial charge < -0.3 is 10.8 Å². The quantitative estimate of drug-likeness (QED) is 0.606. The van der Waals surface area contributed by atoms with E-state index in [1.165, 1.54) is 12.8 Å². The van der Waals surface area contributed by atoms with Gasteiger partial charge in [-0.05, 0) is 26.2 Å². The van der Waals surface area contributed by atoms with Crippen molar-refractivity contribution in [2.45, 2.75) is 50.7 Å². The Morgan fingerprint density at radius 2 is 2.00 bits per heavy atom. The van der Waals surface area contributed by atoms with Gasteiger partial charge in [-0.2, -0.15) is 0 Å². The maximum absolute atomic E-state index is 9.10. The van der Waals surface area contributed by atoms with Crippen LogP contribution in [-0.2, 0) is 0 Å². The largest absolute Gasteiger partial charge is 0.393 e. The second-order valence-corrected chi connectivity index (χ2v) is 3.62. The number of rotatable bonds is 2. The van der Waals surface area contributed by atoms with Crippen LogP contribution in [0.3, 0.4) is 0 Å². The molecule has 0 aromatic carbocycles. The van der Waals surface area contributed by atoms with E-state index in [4.69, 9.17) is 10.8 Å². The maximum atomic E-state index is 9.10. The van der Waals surface area contributed by atoms with Crippen molar-refractivity contribution < 1.29 is 5.11 Å². The van der Waals surface area contributed by atoms with Crippen molar-refractivity contribution >= 4 is 0 Å². The highest BCUT2D eigenvalue weighted by atomic mass is 16.3. The van der Waals surface area contributed by atoms with Crippen LogP contribution in [0.4, 0.5) is 0 Å². The van der Waals surface area contributed by atoms with Gasteiger partial charge in [0.25, 0.3) is 0 Å². The number of aliphatic hydroxyl groups is 1. The zero-order chi connectivity index (χ0) is 7.61. The molecule has 0 radical (unpaired) electrons. The van der Waals surface area contributed by atoms with Crippen LogP contribution in [0, 0.1) is 0 Å². The summed E-state index contributed by atoms with van der Waals surface area (Å²) < 4.78 is 0. The molecule has 3 N–H and O–H groups in total. The average Bonchev–Trinajstić information content (AvgIpc) is 2.12. The first-order valence-corrected chi connectivity index (χ1v) is 4.09. The Morgan fingerprint density at radius 1 is 1.50 bits per heavy atom. The lowest BCUT2D eigenvalue weighted by atomic mass is 9.92. The fourth-order valence-electron chi connectivity index (χ4n) is 1.87. The summed E-state index contributed by atoms with van der Waals surface area (Å²) in [5, 5.41) is 9.10. The lowest BCUT2D eigenvalue weighted by Gasteiger charge is -2.24. The Kier molecular flexibility index (Phi) is 2.32. The summed E-state index contributed by atoms with van der Waals surface area (Å²) in [6, 6.07) is 0. The monoisotopic (exact) mass is 143 g/mol. The van der Waals surface area contributed by atoms with Gasteiger partial charge in [0.05, 0.1) is 6.10 Å². The fraction of sp³-hybridized carbons (Fsp3) is 1.00. The van der Waals surface area contributed by atoms with Crippen LogP contribution in [0.15, 0.2) is 0 Å². The highest BCUT2D eigenvalue weighted by molar-refractivity contribution is 4.90. The van der Waals surface area contributed by atoms with Crippen LogP contribution in [0.2, 0.25) is 0 Å². The fourth-order valence-corrected chi connectivity index (χ4v) is 1.87. The Balaban J connectivity index is 2.36. The third kappa shape index (κ3) is 1.96. The molecule has 1 fully saturated rings. The molecule has 0 bridgehead atoms. The summed E-state index contributed by atoms with van der Waals surface area (Å²) in [7, 11) is 0. The first-order chi connectivity index (χ1) is 4.62. The van der Waals surface area contributed by atoms with Gasteiger partial charge in [0.2, 0.25) is 0 Å². The molecule has 0 amide bonds. The van der Waals surface area contributed by atoms with E-state index in [-0.39, 0.29) is 11.6 Å². The standard InChI is InChI=1S/C8H17NO/c1-7(10)6-8(9)4-2-3-5-8/h7,10H,2-6,9H2,1H3. The summed E-state index contributed by atoms with van der Waals surface area (Å²) in [4.78, 5) is 0. The van der Waals surface area contributed by atoms with Crippen LogP contribution in [0.5, 0.6) is 0 Å². The van der Waals surface area contributed by atoms with Crippen LogP contribution in [0.1, 0.15) is 39.0 Å². The molecule has 1 aliphatic carbocycles. The van der Waals surface area contributed by atoms with Gasteiger partial charge in [0.15, 0.2) is 0 Å². The molecule has 1 rings (SSSR count). The van der Waals surface area contributed by atoms with E-state index in [1.54, 1.807) is 0 Å². The molecular formula is C8H17NO. The van der Waals surface area contributed by atoms with Crippen molar-refractivity contribution in [3.8, 4) is 0 Å². The number of nitrogens with two attached hydrogens (primary N) is 1. The van der Waals surface area contributed by atoms with Crippen molar-refractivity contribution in [1.82, 2.24) is 0 Å². The van der Waals surface area contributed by atoms with E-state index < -0.39 is 0 Å². The SMILES string of the molecule is CC(O)CC1(N)CCCC1. The normalized spacial score (nSPS) is 26.7. The third-order valence-corrected chi connectivity index (χ3v) is 2.30. The van der Waals surface area contributed by atoms with Gasteiger partial charge in [-0.1, -0.05) is 12.8 Å². The van der Waals surface area contributed by atoms with Crippen molar-refractivity contribution in [3.63, 3.8) is 0 Å². The average molecular weight is 143 g/mol. The van der Waals surface area contributed by atoms with Gasteiger partial charge in [0.1, 0.15) is 0 Å². The molecule has 60 valence electrons. The Labute approximate surface area is 62.4 Å². The number of hydrogen-bond donors (Lipinski definition) is 2. The van der Waals surface area contributed by atoms with Crippen LogP contribution < -0.4 is 5.73 Å². The number of aliphatic hydroxyl groups excluding tert-OH is 1. The van der Waals surface area contributed by atoms with Crippen LogP contribution in [-0.4, -0.2) is 16.7 Å². The second-order valence-electron chi connectivity index (χ2n) is 3.62. The highest BCUT2D eigenvalue weighted by Crippen LogP contribution is 2.30. The Morgan fingerprint density at radius 3 is 2.40 bits per heavy atom. The summed E-state index contributed by atoms with van der Waals surface area (Å²) in [5.74, 6) is 0. The van der Waals surface area contributed by atoms with Crippen molar-refractivity contribution in [1.29, 1.82) is 0 Å². The number of hydrogen-bond acceptors (Lipinski definition) is 2. The molecule has 1 atom stereocenters. The lowest BCUT2D eigenvalue weighted by Crippen LogP contribution is -2.39. The molecule has 2 heteroatoms. The predicted molar refractivity (Wildman–Crippen MR) is 41.7 cm³/mol. The molecule has 2 nitrogen and oxygen atoms in total. The highest BCUT2D eigenvalue weighted by Gasteiger charge is 2.30. The summed E-state index contributed by atoms with van der Waals surface area (Å²) in [6.45, 7) is 1.81. The van der Waals surface area contributed by atoms with E-state index in [2.05, 4.69) is 0 Å². The van der Waals surface area contributed by atoms with Gasteiger partial charge in [0, 0.05) is 5.54 Å². The van der Waals surface area contributed by atoms with Gasteiger partial charge in [-0.15, -0.1) is 0 Å². The molecule has 0 aromatic heterocycles. The van der Waals surface area contributed by atoms with Gasteiger partial charge in [-0.25, -0.2) is 0 Å². The molecule has 0 aliphatic heterocycles. The van der Waals surface area contributed by atoms with E-state index in [1.807, 2.05) is 6.92 Å². The van der Waals surface area contributed by atoms with E-state index in [9.17, 15) is 0 Å². The molecule has 1 aliphatic rings. The minimum atomic E-state index is -0.233. The topological polar surface area (TPSA) is 46.2 Å². The van der Waals surface area contributed by atoms with Crippen molar-refractivity contribution in [2.75, 3.05) is 0 Å². The third-order valence-electron chi connectivity index (χ3n) is 2.30. The molecule has 0 saturated heterocycles. The first-order valence-electron chi connectivity index (χ1n) is 4.09. The van der Waals surface area contributed by atoms with E-state index in [0.717, 1.165) is 19.3 Å². The first kappa shape index (κ1) is 8.02. The zero-order valence-corrected chi connectivity index (χ0v) is 6.64. The zero-order valence-electron chi connectivity index (χ0n) is 6.64. The van der Waals surface area contributed by atoms with E-state index >= 15 is 0 Å². The van der Waals surface area contributed by atoms with Crippen LogP contribution >= 0.6 is 0 Å². The smallest absolute Gasteiger partial charge is 0.0529 e. The van der Waals surface area contributed by atoms with Gasteiger partial charge in [-0.3, -0.25) is 0 Å². The Hall–Kier alpha value is -0.0800. The maximum Gasteiger partial charge on any atom is 0.0529 e. The summed E-state index contributed by atoms with van der Waals surface area (Å²) in [5.41, 5.74) is 5.97. The minimum absolute atomic E-state index is 0.0336. The summed E-state index contributed by atoms with van der Waals surface area (Å²) >= 11 is 0. The molecule has 0 heterocycles. The molecular weight excluding hydrogens is 126 g/mol. The van der Waals surface area contributed by atoms with E-state index in [0.29, 0.717) is 0 Å². The molecule has 0 spiro atoms.